The smallest absolute Gasteiger partial charge is 0.265 e. The minimum absolute atomic E-state index is 0.249. The first-order valence-electron chi connectivity index (χ1n) is 8.75. The molecule has 0 aliphatic carbocycles. The second-order valence-corrected chi connectivity index (χ2v) is 10.3. The van der Waals surface area contributed by atoms with E-state index in [1.54, 1.807) is 29.5 Å². The summed E-state index contributed by atoms with van der Waals surface area (Å²) < 4.78 is 31.8. The van der Waals surface area contributed by atoms with Crippen LogP contribution in [0.1, 0.15) is 9.67 Å². The Morgan fingerprint density at radius 3 is 2.60 bits per heavy atom. The van der Waals surface area contributed by atoms with Gasteiger partial charge < -0.3 is 10.1 Å². The van der Waals surface area contributed by atoms with Crippen LogP contribution in [0, 0.1) is 0 Å². The molecule has 0 spiro atoms. The second-order valence-electron chi connectivity index (χ2n) is 6.39. The molecule has 7 nitrogen and oxygen atoms in total. The Morgan fingerprint density at radius 2 is 1.87 bits per heavy atom. The summed E-state index contributed by atoms with van der Waals surface area (Å²) in [7, 11) is -2.05. The van der Waals surface area contributed by atoms with Gasteiger partial charge >= 0.3 is 0 Å². The van der Waals surface area contributed by atoms with Crippen molar-refractivity contribution < 1.29 is 17.9 Å². The third kappa shape index (κ3) is 4.45. The van der Waals surface area contributed by atoms with Crippen LogP contribution in [0.5, 0.6) is 5.75 Å². The van der Waals surface area contributed by atoms with Gasteiger partial charge in [-0.25, -0.2) is 13.4 Å². The van der Waals surface area contributed by atoms with E-state index in [4.69, 9.17) is 4.74 Å². The summed E-state index contributed by atoms with van der Waals surface area (Å²) in [6, 6.07) is 16.3. The first-order valence-corrected chi connectivity index (χ1v) is 12.3. The quantitative estimate of drug-likeness (QED) is 0.437. The van der Waals surface area contributed by atoms with E-state index in [-0.39, 0.29) is 11.6 Å². The summed E-state index contributed by atoms with van der Waals surface area (Å²) in [4.78, 5) is 18.8. The number of carbonyl (C=O) groups is 1. The van der Waals surface area contributed by atoms with E-state index in [1.165, 1.54) is 24.5 Å². The Kier molecular flexibility index (Phi) is 5.46. The number of rotatable bonds is 6. The van der Waals surface area contributed by atoms with Crippen LogP contribution in [0.25, 0.3) is 20.1 Å². The lowest BCUT2D eigenvalue weighted by Gasteiger charge is -2.12. The van der Waals surface area contributed by atoms with Crippen molar-refractivity contribution in [1.29, 1.82) is 0 Å². The number of fused-ring (bicyclic) bond motifs is 1. The molecule has 0 aliphatic rings. The average Bonchev–Trinajstić information content (AvgIpc) is 3.34. The highest BCUT2D eigenvalue weighted by Crippen LogP contribution is 2.35. The van der Waals surface area contributed by atoms with Gasteiger partial charge in [0.2, 0.25) is 10.0 Å². The van der Waals surface area contributed by atoms with Crippen molar-refractivity contribution >= 4 is 60.2 Å². The molecule has 30 heavy (non-hydrogen) atoms. The fourth-order valence-corrected chi connectivity index (χ4v) is 5.29. The van der Waals surface area contributed by atoms with Crippen LogP contribution >= 0.6 is 22.7 Å². The number of hydrogen-bond acceptors (Lipinski definition) is 7. The SMILES string of the molecule is COc1ccc(NC(=O)c2ccc(-c3nc4ccccc4s3)s2)cc1NS(C)(=O)=O. The van der Waals surface area contributed by atoms with E-state index in [0.29, 0.717) is 16.3 Å². The molecule has 10 heteroatoms. The van der Waals surface area contributed by atoms with Crippen molar-refractivity contribution in [2.24, 2.45) is 0 Å². The average molecular weight is 460 g/mol. The molecule has 154 valence electrons. The zero-order chi connectivity index (χ0) is 21.3. The van der Waals surface area contributed by atoms with Crippen molar-refractivity contribution in [2.75, 3.05) is 23.4 Å². The number of nitrogens with zero attached hydrogens (tertiary/aromatic N) is 1. The zero-order valence-electron chi connectivity index (χ0n) is 16.0. The molecule has 0 bridgehead atoms. The maximum Gasteiger partial charge on any atom is 0.265 e. The number of nitrogens with one attached hydrogen (secondary N) is 2. The van der Waals surface area contributed by atoms with Crippen LogP contribution in [-0.2, 0) is 10.0 Å². The van der Waals surface area contributed by atoms with E-state index in [1.807, 2.05) is 30.3 Å². The number of aromatic nitrogens is 1. The van der Waals surface area contributed by atoms with E-state index in [0.717, 1.165) is 26.4 Å². The number of amides is 1. The van der Waals surface area contributed by atoms with Crippen molar-refractivity contribution in [1.82, 2.24) is 4.98 Å². The molecule has 1 amide bonds. The summed E-state index contributed by atoms with van der Waals surface area (Å²) in [6.45, 7) is 0. The predicted octanol–water partition coefficient (Wildman–Crippen LogP) is 4.66. The number of benzene rings is 2. The monoisotopic (exact) mass is 459 g/mol. The van der Waals surface area contributed by atoms with Crippen LogP contribution in [0.4, 0.5) is 11.4 Å². The maximum atomic E-state index is 12.7. The molecule has 0 fully saturated rings. The number of ether oxygens (including phenoxy) is 1. The molecule has 0 saturated heterocycles. The lowest BCUT2D eigenvalue weighted by atomic mass is 10.2. The molecule has 2 N–H and O–H groups in total. The fraction of sp³-hybridized carbons (Fsp3) is 0.100. The highest BCUT2D eigenvalue weighted by molar-refractivity contribution is 7.92. The summed E-state index contributed by atoms with van der Waals surface area (Å²) in [5.74, 6) is 0.0653. The Hall–Kier alpha value is -2.95. The van der Waals surface area contributed by atoms with Crippen LogP contribution < -0.4 is 14.8 Å². The van der Waals surface area contributed by atoms with Crippen molar-refractivity contribution in [2.45, 2.75) is 0 Å². The number of thiophene rings is 1. The van der Waals surface area contributed by atoms with Crippen LogP contribution in [0.3, 0.4) is 0 Å². The van der Waals surface area contributed by atoms with Gasteiger partial charge in [0.1, 0.15) is 10.8 Å². The van der Waals surface area contributed by atoms with Gasteiger partial charge in [0, 0.05) is 5.69 Å². The van der Waals surface area contributed by atoms with E-state index < -0.39 is 10.0 Å². The number of sulfonamides is 1. The molecule has 2 heterocycles. The Morgan fingerprint density at radius 1 is 1.07 bits per heavy atom. The Balaban J connectivity index is 1.55. The van der Waals surface area contributed by atoms with Gasteiger partial charge in [0.05, 0.1) is 39.0 Å². The maximum absolute atomic E-state index is 12.7. The molecule has 4 rings (SSSR count). The lowest BCUT2D eigenvalue weighted by Crippen LogP contribution is -2.13. The first kappa shape index (κ1) is 20.3. The second kappa shape index (κ2) is 8.05. The first-order chi connectivity index (χ1) is 14.3. The fourth-order valence-electron chi connectivity index (χ4n) is 2.81. The van der Waals surface area contributed by atoms with Gasteiger partial charge in [0.15, 0.2) is 0 Å². The largest absolute Gasteiger partial charge is 0.495 e. The third-order valence-electron chi connectivity index (χ3n) is 4.09. The predicted molar refractivity (Wildman–Crippen MR) is 122 cm³/mol. The van der Waals surface area contributed by atoms with Gasteiger partial charge in [0.25, 0.3) is 5.91 Å². The highest BCUT2D eigenvalue weighted by Gasteiger charge is 2.15. The van der Waals surface area contributed by atoms with E-state index in [9.17, 15) is 13.2 Å². The van der Waals surface area contributed by atoms with Gasteiger partial charge in [-0.05, 0) is 42.5 Å². The normalized spacial score (nSPS) is 11.4. The molecule has 4 aromatic rings. The zero-order valence-corrected chi connectivity index (χ0v) is 18.5. The van der Waals surface area contributed by atoms with Crippen molar-refractivity contribution in [3.8, 4) is 15.6 Å². The summed E-state index contributed by atoms with van der Waals surface area (Å²) in [6.07, 6.45) is 1.05. The van der Waals surface area contributed by atoms with Crippen molar-refractivity contribution in [3.05, 3.63) is 59.5 Å². The van der Waals surface area contributed by atoms with Gasteiger partial charge in [-0.15, -0.1) is 22.7 Å². The summed E-state index contributed by atoms with van der Waals surface area (Å²) in [5, 5.41) is 3.66. The van der Waals surface area contributed by atoms with E-state index >= 15 is 0 Å². The number of anilines is 2. The number of methoxy groups -OCH3 is 1. The molecule has 0 aliphatic heterocycles. The summed E-state index contributed by atoms with van der Waals surface area (Å²) in [5.41, 5.74) is 1.63. The molecule has 2 aromatic carbocycles. The molecule has 0 atom stereocenters. The molecule has 2 aromatic heterocycles. The molecule has 0 unspecified atom stereocenters. The van der Waals surface area contributed by atoms with Crippen molar-refractivity contribution in [3.63, 3.8) is 0 Å². The van der Waals surface area contributed by atoms with Gasteiger partial charge in [-0.1, -0.05) is 12.1 Å². The van der Waals surface area contributed by atoms with E-state index in [2.05, 4.69) is 15.0 Å². The van der Waals surface area contributed by atoms with Crippen LogP contribution in [-0.4, -0.2) is 32.7 Å². The molecular formula is C20H17N3O4S3. The standard InChI is InChI=1S/C20H17N3O4S3/c1-27-15-8-7-12(11-14(15)23-30(2,25)26)21-19(24)17-9-10-18(28-17)20-22-13-5-3-4-6-16(13)29-20/h3-11,23H,1-2H3,(H,21,24). The minimum Gasteiger partial charge on any atom is -0.495 e. The third-order valence-corrected chi connectivity index (χ3v) is 6.97. The highest BCUT2D eigenvalue weighted by atomic mass is 32.2. The topological polar surface area (TPSA) is 97.4 Å². The number of hydrogen-bond donors (Lipinski definition) is 2. The lowest BCUT2D eigenvalue weighted by molar-refractivity contribution is 0.103. The minimum atomic E-state index is -3.49. The molecular weight excluding hydrogens is 442 g/mol. The Labute approximate surface area is 181 Å². The number of carbonyl (C=O) groups excluding carboxylic acids is 1. The van der Waals surface area contributed by atoms with Crippen LogP contribution in [0.2, 0.25) is 0 Å². The Bertz CT molecular complexity index is 1310. The summed E-state index contributed by atoms with van der Waals surface area (Å²) >= 11 is 2.93. The van der Waals surface area contributed by atoms with Gasteiger partial charge in [-0.2, -0.15) is 0 Å². The molecule has 0 radical (unpaired) electrons. The molecule has 0 saturated carbocycles. The van der Waals surface area contributed by atoms with Crippen LogP contribution in [0.15, 0.2) is 54.6 Å². The van der Waals surface area contributed by atoms with Gasteiger partial charge in [-0.3, -0.25) is 9.52 Å². The number of para-hydroxylation sites is 1. The number of thiazole rings is 1.